The fourth-order valence-corrected chi connectivity index (χ4v) is 2.17. The highest BCUT2D eigenvalue weighted by Crippen LogP contribution is 2.15. The summed E-state index contributed by atoms with van der Waals surface area (Å²) in [5, 5.41) is 1.26. The lowest BCUT2D eigenvalue weighted by Crippen LogP contribution is -1.99. The van der Waals surface area contributed by atoms with Crippen LogP contribution in [0.2, 0.25) is 0 Å². The Morgan fingerprint density at radius 1 is 1.00 bits per heavy atom. The molecule has 0 N–H and O–H groups in total. The fraction of sp³-hybridized carbons (Fsp3) is 0.125. The van der Waals surface area contributed by atoms with Crippen molar-refractivity contribution in [2.75, 3.05) is 0 Å². The molecule has 0 aliphatic heterocycles. The standard InChI is InChI=1S/C16H14N/c1-2-6-14(7-3-1)10-12-17-13-11-15-8-4-5-9-16(15)17/h1-3,5-9,11,13H,10,12H2. The third-order valence-corrected chi connectivity index (χ3v) is 3.10. The summed E-state index contributed by atoms with van der Waals surface area (Å²) in [4.78, 5) is 0. The van der Waals surface area contributed by atoms with Crippen LogP contribution in [-0.2, 0) is 13.0 Å². The second kappa shape index (κ2) is 4.46. The molecule has 0 spiro atoms. The molecule has 0 aliphatic carbocycles. The minimum absolute atomic E-state index is 1.03. The van der Waals surface area contributed by atoms with E-state index in [0.29, 0.717) is 0 Å². The Bertz CT molecular complexity index is 608. The van der Waals surface area contributed by atoms with Crippen molar-refractivity contribution >= 4 is 10.9 Å². The van der Waals surface area contributed by atoms with Crippen molar-refractivity contribution in [3.05, 3.63) is 72.4 Å². The highest BCUT2D eigenvalue weighted by atomic mass is 14.9. The Hall–Kier alpha value is -2.02. The van der Waals surface area contributed by atoms with E-state index in [0.717, 1.165) is 13.0 Å². The average molecular weight is 220 g/mol. The molecule has 0 atom stereocenters. The second-order valence-corrected chi connectivity index (χ2v) is 4.23. The minimum Gasteiger partial charge on any atom is -0.347 e. The summed E-state index contributed by atoms with van der Waals surface area (Å²) in [5.41, 5.74) is 2.68. The molecule has 1 nitrogen and oxygen atoms in total. The summed E-state index contributed by atoms with van der Waals surface area (Å²) in [6.07, 6.45) is 3.23. The summed E-state index contributed by atoms with van der Waals surface area (Å²) in [6.45, 7) is 1.03. The lowest BCUT2D eigenvalue weighted by atomic mass is 10.1. The lowest BCUT2D eigenvalue weighted by molar-refractivity contribution is 0.723. The SMILES string of the molecule is [c]1ccc2c(c1)ccn2CCc1ccccc1. The maximum Gasteiger partial charge on any atom is 0.0480 e. The summed E-state index contributed by atoms with van der Waals surface area (Å²) in [6, 6.07) is 22.0. The van der Waals surface area contributed by atoms with E-state index in [1.807, 2.05) is 12.1 Å². The van der Waals surface area contributed by atoms with Gasteiger partial charge >= 0.3 is 0 Å². The summed E-state index contributed by atoms with van der Waals surface area (Å²) < 4.78 is 2.30. The Morgan fingerprint density at radius 2 is 1.88 bits per heavy atom. The Kier molecular flexibility index (Phi) is 2.66. The molecule has 0 aliphatic rings. The van der Waals surface area contributed by atoms with Crippen molar-refractivity contribution in [2.45, 2.75) is 13.0 Å². The van der Waals surface area contributed by atoms with Crippen molar-refractivity contribution in [1.29, 1.82) is 0 Å². The van der Waals surface area contributed by atoms with E-state index in [1.54, 1.807) is 0 Å². The number of hydrogen-bond acceptors (Lipinski definition) is 0. The molecule has 17 heavy (non-hydrogen) atoms. The molecule has 0 amide bonds. The topological polar surface area (TPSA) is 4.93 Å². The van der Waals surface area contributed by atoms with Crippen LogP contribution in [0.3, 0.4) is 0 Å². The first-order valence-electron chi connectivity index (χ1n) is 5.92. The molecule has 0 saturated heterocycles. The molecule has 0 fully saturated rings. The van der Waals surface area contributed by atoms with Crippen LogP contribution in [0.15, 0.2) is 60.8 Å². The van der Waals surface area contributed by atoms with Gasteiger partial charge in [0, 0.05) is 23.6 Å². The molecule has 0 bridgehead atoms. The van der Waals surface area contributed by atoms with Crippen molar-refractivity contribution in [3.8, 4) is 0 Å². The zero-order chi connectivity index (χ0) is 11.5. The van der Waals surface area contributed by atoms with Crippen molar-refractivity contribution in [1.82, 2.24) is 4.57 Å². The van der Waals surface area contributed by atoms with Crippen LogP contribution < -0.4 is 0 Å². The van der Waals surface area contributed by atoms with Crippen molar-refractivity contribution in [3.63, 3.8) is 0 Å². The third-order valence-electron chi connectivity index (χ3n) is 3.10. The first kappa shape index (κ1) is 10.2. The number of aromatic nitrogens is 1. The molecule has 1 heterocycles. The summed E-state index contributed by atoms with van der Waals surface area (Å²) in [5.74, 6) is 0. The van der Waals surface area contributed by atoms with Gasteiger partial charge in [-0.05, 0) is 36.2 Å². The highest BCUT2D eigenvalue weighted by molar-refractivity contribution is 5.79. The smallest absolute Gasteiger partial charge is 0.0480 e. The van der Waals surface area contributed by atoms with Gasteiger partial charge < -0.3 is 4.57 Å². The van der Waals surface area contributed by atoms with E-state index >= 15 is 0 Å². The molecule has 83 valence electrons. The van der Waals surface area contributed by atoms with E-state index in [4.69, 9.17) is 0 Å². The third kappa shape index (κ3) is 2.09. The van der Waals surface area contributed by atoms with Gasteiger partial charge in [0.05, 0.1) is 0 Å². The first-order valence-corrected chi connectivity index (χ1v) is 5.92. The Balaban J connectivity index is 1.82. The quantitative estimate of drug-likeness (QED) is 0.634. The van der Waals surface area contributed by atoms with Crippen molar-refractivity contribution in [2.24, 2.45) is 0 Å². The van der Waals surface area contributed by atoms with Gasteiger partial charge in [-0.15, -0.1) is 0 Å². The molecule has 2 aromatic carbocycles. The van der Waals surface area contributed by atoms with Crippen LogP contribution in [0.1, 0.15) is 5.56 Å². The van der Waals surface area contributed by atoms with Gasteiger partial charge in [0.15, 0.2) is 0 Å². The molecular formula is C16H14N. The second-order valence-electron chi connectivity index (χ2n) is 4.23. The van der Waals surface area contributed by atoms with E-state index in [1.165, 1.54) is 16.5 Å². The van der Waals surface area contributed by atoms with Gasteiger partial charge in [0.2, 0.25) is 0 Å². The number of aryl methyl sites for hydroxylation is 2. The van der Waals surface area contributed by atoms with E-state index in [2.05, 4.69) is 59.3 Å². The van der Waals surface area contributed by atoms with Gasteiger partial charge in [-0.2, -0.15) is 0 Å². The van der Waals surface area contributed by atoms with E-state index in [-0.39, 0.29) is 0 Å². The van der Waals surface area contributed by atoms with Gasteiger partial charge in [0.1, 0.15) is 0 Å². The summed E-state index contributed by atoms with van der Waals surface area (Å²) in [7, 11) is 0. The molecule has 1 radical (unpaired) electrons. The van der Waals surface area contributed by atoms with Crippen LogP contribution in [-0.4, -0.2) is 4.57 Å². The molecular weight excluding hydrogens is 206 g/mol. The zero-order valence-corrected chi connectivity index (χ0v) is 9.63. The fourth-order valence-electron chi connectivity index (χ4n) is 2.17. The van der Waals surface area contributed by atoms with Gasteiger partial charge in [-0.1, -0.05) is 36.4 Å². The number of hydrogen-bond donors (Lipinski definition) is 0. The Morgan fingerprint density at radius 3 is 2.76 bits per heavy atom. The zero-order valence-electron chi connectivity index (χ0n) is 9.63. The predicted molar refractivity (Wildman–Crippen MR) is 70.9 cm³/mol. The monoisotopic (exact) mass is 220 g/mol. The maximum absolute atomic E-state index is 3.11. The normalized spacial score (nSPS) is 10.8. The van der Waals surface area contributed by atoms with E-state index < -0.39 is 0 Å². The summed E-state index contributed by atoms with van der Waals surface area (Å²) >= 11 is 0. The van der Waals surface area contributed by atoms with Gasteiger partial charge in [0.25, 0.3) is 0 Å². The lowest BCUT2D eigenvalue weighted by Gasteiger charge is -2.05. The molecule has 1 aromatic heterocycles. The van der Waals surface area contributed by atoms with Crippen LogP contribution in [0, 0.1) is 6.07 Å². The molecule has 1 heteroatoms. The first-order chi connectivity index (χ1) is 8.43. The molecule has 0 saturated carbocycles. The van der Waals surface area contributed by atoms with Gasteiger partial charge in [-0.25, -0.2) is 0 Å². The van der Waals surface area contributed by atoms with E-state index in [9.17, 15) is 0 Å². The minimum atomic E-state index is 1.03. The molecule has 3 rings (SSSR count). The number of benzene rings is 2. The Labute approximate surface area is 101 Å². The van der Waals surface area contributed by atoms with Crippen LogP contribution >= 0.6 is 0 Å². The highest BCUT2D eigenvalue weighted by Gasteiger charge is 1.99. The number of rotatable bonds is 3. The van der Waals surface area contributed by atoms with Gasteiger partial charge in [-0.3, -0.25) is 0 Å². The number of nitrogens with zero attached hydrogens (tertiary/aromatic N) is 1. The van der Waals surface area contributed by atoms with Crippen molar-refractivity contribution < 1.29 is 0 Å². The van der Waals surface area contributed by atoms with Crippen LogP contribution in [0.5, 0.6) is 0 Å². The van der Waals surface area contributed by atoms with Crippen LogP contribution in [0.25, 0.3) is 10.9 Å². The average Bonchev–Trinajstić information content (AvgIpc) is 2.81. The predicted octanol–water partition coefficient (Wildman–Crippen LogP) is 3.68. The molecule has 3 aromatic rings. The molecule has 0 unspecified atom stereocenters. The number of fused-ring (bicyclic) bond motifs is 1. The van der Waals surface area contributed by atoms with Crippen LogP contribution in [0.4, 0.5) is 0 Å². The maximum atomic E-state index is 3.11. The largest absolute Gasteiger partial charge is 0.347 e.